The normalized spacial score (nSPS) is 11.8. The van der Waals surface area contributed by atoms with Crippen molar-refractivity contribution in [2.75, 3.05) is 12.4 Å². The van der Waals surface area contributed by atoms with E-state index in [9.17, 15) is 31.1 Å². The molecular formula is C21H16F6N2O3. The van der Waals surface area contributed by atoms with Crippen LogP contribution in [0.25, 0.3) is 0 Å². The Bertz CT molecular complexity index is 1160. The molecule has 0 radical (unpaired) electrons. The number of anilines is 1. The topological polar surface area (TPSA) is 63.4 Å². The van der Waals surface area contributed by atoms with E-state index in [0.29, 0.717) is 17.8 Å². The second-order valence-electron chi connectivity index (χ2n) is 6.59. The number of hydrogen-bond acceptors (Lipinski definition) is 4. The second kappa shape index (κ2) is 8.85. The third kappa shape index (κ3) is 4.98. The number of ether oxygens (including phenoxy) is 2. The summed E-state index contributed by atoms with van der Waals surface area (Å²) in [7, 11) is 1.21. The number of H-pyrrole nitrogens is 1. The van der Waals surface area contributed by atoms with Crippen LogP contribution in [0, 0.1) is 5.82 Å². The molecule has 0 atom stereocenters. The number of rotatable bonds is 7. The van der Waals surface area contributed by atoms with Crippen molar-refractivity contribution >= 4 is 5.69 Å². The van der Waals surface area contributed by atoms with Crippen molar-refractivity contribution in [2.45, 2.75) is 18.6 Å². The highest BCUT2D eigenvalue weighted by Gasteiger charge is 2.58. The molecule has 0 fully saturated rings. The zero-order chi connectivity index (χ0) is 23.5. The molecule has 1 heterocycles. The Morgan fingerprint density at radius 3 is 2.34 bits per heavy atom. The Morgan fingerprint density at radius 1 is 0.938 bits per heavy atom. The number of benzene rings is 2. The molecule has 3 aromatic rings. The van der Waals surface area contributed by atoms with E-state index < -0.39 is 29.0 Å². The van der Waals surface area contributed by atoms with Crippen LogP contribution in [0.3, 0.4) is 0 Å². The van der Waals surface area contributed by atoms with Crippen molar-refractivity contribution < 1.29 is 35.8 Å². The van der Waals surface area contributed by atoms with E-state index in [-0.39, 0.29) is 29.4 Å². The summed E-state index contributed by atoms with van der Waals surface area (Å²) in [5.74, 6) is -6.32. The second-order valence-corrected chi connectivity index (χ2v) is 6.59. The molecule has 0 amide bonds. The van der Waals surface area contributed by atoms with E-state index in [1.54, 1.807) is 0 Å². The fourth-order valence-corrected chi connectivity index (χ4v) is 2.75. The molecular weight excluding hydrogens is 442 g/mol. The predicted molar refractivity (Wildman–Crippen MR) is 104 cm³/mol. The fourth-order valence-electron chi connectivity index (χ4n) is 2.75. The first kappa shape index (κ1) is 23.0. The summed E-state index contributed by atoms with van der Waals surface area (Å²) >= 11 is 0. The lowest BCUT2D eigenvalue weighted by Gasteiger charge is -2.22. The number of methoxy groups -OCH3 is 1. The first-order valence-corrected chi connectivity index (χ1v) is 9.03. The molecule has 0 unspecified atom stereocenters. The average Bonchev–Trinajstić information content (AvgIpc) is 2.73. The van der Waals surface area contributed by atoms with Crippen molar-refractivity contribution in [3.63, 3.8) is 0 Å². The van der Waals surface area contributed by atoms with E-state index in [0.717, 1.165) is 24.3 Å². The van der Waals surface area contributed by atoms with Gasteiger partial charge in [0.2, 0.25) is 5.56 Å². The quantitative estimate of drug-likeness (QED) is 0.454. The fraction of sp³-hybridized carbons (Fsp3) is 0.190. The number of pyridine rings is 1. The van der Waals surface area contributed by atoms with Crippen molar-refractivity contribution in [1.29, 1.82) is 0 Å². The molecule has 0 aliphatic rings. The molecule has 32 heavy (non-hydrogen) atoms. The van der Waals surface area contributed by atoms with Crippen LogP contribution in [0.5, 0.6) is 17.2 Å². The highest BCUT2D eigenvalue weighted by Crippen LogP contribution is 2.45. The first-order chi connectivity index (χ1) is 15.0. The number of hydrogen-bond donors (Lipinski definition) is 2. The average molecular weight is 458 g/mol. The number of aromatic amines is 1. The Morgan fingerprint density at radius 2 is 1.69 bits per heavy atom. The van der Waals surface area contributed by atoms with Crippen LogP contribution >= 0.6 is 0 Å². The lowest BCUT2D eigenvalue weighted by atomic mass is 10.0. The predicted octanol–water partition coefficient (Wildman–Crippen LogP) is 5.58. The monoisotopic (exact) mass is 458 g/mol. The first-order valence-electron chi connectivity index (χ1n) is 9.03. The van der Waals surface area contributed by atoms with Crippen LogP contribution < -0.4 is 20.3 Å². The Balaban J connectivity index is 2.01. The van der Waals surface area contributed by atoms with Gasteiger partial charge in [-0.25, -0.2) is 4.39 Å². The van der Waals surface area contributed by atoms with Gasteiger partial charge in [-0.2, -0.15) is 22.0 Å². The summed E-state index contributed by atoms with van der Waals surface area (Å²) < 4.78 is 90.3. The lowest BCUT2D eigenvalue weighted by Crippen LogP contribution is -2.33. The summed E-state index contributed by atoms with van der Waals surface area (Å²) in [5.41, 5.74) is -1.16. The summed E-state index contributed by atoms with van der Waals surface area (Å²) in [4.78, 5) is 13.8. The largest absolute Gasteiger partial charge is 0.493 e. The Labute approximate surface area is 177 Å². The van der Waals surface area contributed by atoms with E-state index in [1.807, 2.05) is 0 Å². The van der Waals surface area contributed by atoms with E-state index in [2.05, 4.69) is 10.3 Å². The van der Waals surface area contributed by atoms with Gasteiger partial charge in [-0.15, -0.1) is 0 Å². The van der Waals surface area contributed by atoms with Crippen LogP contribution in [0.1, 0.15) is 11.1 Å². The van der Waals surface area contributed by atoms with Gasteiger partial charge in [0.05, 0.1) is 7.11 Å². The molecule has 3 rings (SSSR count). The molecule has 0 aliphatic carbocycles. The number of nitrogens with one attached hydrogen (secondary N) is 2. The zero-order valence-electron chi connectivity index (χ0n) is 16.4. The molecule has 1 aromatic heterocycles. The van der Waals surface area contributed by atoms with Gasteiger partial charge in [-0.1, -0.05) is 12.1 Å². The molecule has 170 valence electrons. The molecule has 0 saturated heterocycles. The standard InChI is InChI=1S/C21H16F6N2O3/c1-31-18-9-14(22)4-5-16(18)32-17-8-13(20(23,24)21(25,26)27)3-2-12(17)11-29-15-6-7-28-19(30)10-15/h2-10H,11H2,1H3,(H2,28,29,30). The molecule has 11 heteroatoms. The molecule has 0 saturated carbocycles. The van der Waals surface area contributed by atoms with Gasteiger partial charge in [-0.3, -0.25) is 4.79 Å². The minimum Gasteiger partial charge on any atom is -0.493 e. The summed E-state index contributed by atoms with van der Waals surface area (Å²) in [5, 5.41) is 2.85. The van der Waals surface area contributed by atoms with Crippen molar-refractivity contribution in [3.05, 3.63) is 82.0 Å². The van der Waals surface area contributed by atoms with Crippen LogP contribution in [0.2, 0.25) is 0 Å². The SMILES string of the molecule is COc1cc(F)ccc1Oc1cc(C(F)(F)C(F)(F)F)ccc1CNc1cc[nH]c(=O)c1. The minimum atomic E-state index is -5.82. The Hall–Kier alpha value is -3.63. The van der Waals surface area contributed by atoms with Crippen molar-refractivity contribution in [1.82, 2.24) is 4.98 Å². The van der Waals surface area contributed by atoms with Gasteiger partial charge in [-0.05, 0) is 24.3 Å². The lowest BCUT2D eigenvalue weighted by molar-refractivity contribution is -0.289. The van der Waals surface area contributed by atoms with Crippen LogP contribution in [0.15, 0.2) is 59.5 Å². The third-order valence-electron chi connectivity index (χ3n) is 4.39. The highest BCUT2D eigenvalue weighted by molar-refractivity contribution is 5.49. The minimum absolute atomic E-state index is 0.0832. The van der Waals surface area contributed by atoms with Crippen molar-refractivity contribution in [3.8, 4) is 17.2 Å². The molecule has 0 spiro atoms. The maximum absolute atomic E-state index is 13.9. The summed E-state index contributed by atoms with van der Waals surface area (Å²) in [6.07, 6.45) is -4.44. The molecule has 5 nitrogen and oxygen atoms in total. The Kier molecular flexibility index (Phi) is 6.37. The van der Waals surface area contributed by atoms with E-state index >= 15 is 0 Å². The highest BCUT2D eigenvalue weighted by atomic mass is 19.4. The number of alkyl halides is 5. The molecule has 0 aliphatic heterocycles. The smallest absolute Gasteiger partial charge is 0.458 e. The van der Waals surface area contributed by atoms with E-state index in [4.69, 9.17) is 9.47 Å². The van der Waals surface area contributed by atoms with Gasteiger partial charge >= 0.3 is 12.1 Å². The van der Waals surface area contributed by atoms with E-state index in [1.165, 1.54) is 25.4 Å². The summed E-state index contributed by atoms with van der Waals surface area (Å²) in [6, 6.07) is 8.13. The molecule has 2 aromatic carbocycles. The van der Waals surface area contributed by atoms with Crippen LogP contribution in [-0.4, -0.2) is 18.3 Å². The number of halogens is 6. The van der Waals surface area contributed by atoms with Gasteiger partial charge in [0.1, 0.15) is 11.6 Å². The van der Waals surface area contributed by atoms with Gasteiger partial charge < -0.3 is 19.8 Å². The van der Waals surface area contributed by atoms with Gasteiger partial charge in [0.15, 0.2) is 11.5 Å². The maximum atomic E-state index is 13.9. The molecule has 0 bridgehead atoms. The van der Waals surface area contributed by atoms with Gasteiger partial charge in [0, 0.05) is 41.7 Å². The van der Waals surface area contributed by atoms with Gasteiger partial charge in [0.25, 0.3) is 0 Å². The zero-order valence-corrected chi connectivity index (χ0v) is 16.4. The van der Waals surface area contributed by atoms with Crippen LogP contribution in [-0.2, 0) is 12.5 Å². The van der Waals surface area contributed by atoms with Crippen LogP contribution in [0.4, 0.5) is 32.0 Å². The third-order valence-corrected chi connectivity index (χ3v) is 4.39. The summed E-state index contributed by atoms with van der Waals surface area (Å²) in [6.45, 7) is -0.0832. The maximum Gasteiger partial charge on any atom is 0.458 e. The molecule has 2 N–H and O–H groups in total. The van der Waals surface area contributed by atoms with Crippen molar-refractivity contribution in [2.24, 2.45) is 0 Å². The number of aromatic nitrogens is 1.